The van der Waals surface area contributed by atoms with Crippen molar-refractivity contribution in [1.29, 1.82) is 0 Å². The Morgan fingerprint density at radius 1 is 0.520 bits per heavy atom. The molecule has 0 atom stereocenters. The van der Waals surface area contributed by atoms with Gasteiger partial charge in [0.15, 0.2) is 0 Å². The first kappa shape index (κ1) is 24.5. The molecule has 152 valence electrons. The summed E-state index contributed by atoms with van der Waals surface area (Å²) in [4.78, 5) is 0. The molecule has 0 rings (SSSR count). The lowest BCUT2D eigenvalue weighted by Gasteiger charge is -2.24. The first-order chi connectivity index (χ1) is 11.1. The molecular weight excluding hydrogens is 415 g/mol. The minimum Gasteiger partial charge on any atom is -0.306 e. The third-order valence-electron chi connectivity index (χ3n) is 2.04. The van der Waals surface area contributed by atoms with Crippen molar-refractivity contribution in [2.75, 3.05) is 19.8 Å². The summed E-state index contributed by atoms with van der Waals surface area (Å²) < 4.78 is 158. The summed E-state index contributed by atoms with van der Waals surface area (Å²) in [6.45, 7) is -6.88. The zero-order chi connectivity index (χ0) is 20.1. The van der Waals surface area contributed by atoms with Gasteiger partial charge in [0.2, 0.25) is 0 Å². The second kappa shape index (κ2) is 9.42. The minimum absolute atomic E-state index is 2.29. The Hall–Kier alpha value is -0.530. The molecule has 25 heavy (non-hydrogen) atoms. The van der Waals surface area contributed by atoms with Gasteiger partial charge in [-0.15, -0.1) is 0 Å². The van der Waals surface area contributed by atoms with E-state index >= 15 is 0 Å². The van der Waals surface area contributed by atoms with E-state index in [0.29, 0.717) is 0 Å². The highest BCUT2D eigenvalue weighted by molar-refractivity contribution is 7.41. The Bertz CT molecular complexity index is 337. The Balaban J connectivity index is 4.87. The van der Waals surface area contributed by atoms with Gasteiger partial charge in [0.25, 0.3) is 0 Å². The predicted octanol–water partition coefficient (Wildman–Crippen LogP) is 4.96. The maximum absolute atomic E-state index is 12.6. The van der Waals surface area contributed by atoms with Crippen molar-refractivity contribution in [3.05, 3.63) is 0 Å². The largest absolute Gasteiger partial charge is 0.333 e. The molecule has 0 aliphatic rings. The van der Waals surface area contributed by atoms with Crippen LogP contribution in [0, 0.1) is 0 Å². The number of halogens is 12. The normalized spacial score (nSPS) is 14.4. The Morgan fingerprint density at radius 2 is 0.720 bits per heavy atom. The molecule has 0 fully saturated rings. The van der Waals surface area contributed by atoms with E-state index in [9.17, 15) is 52.7 Å². The summed E-state index contributed by atoms with van der Waals surface area (Å²) >= 11 is 0. The Morgan fingerprint density at radius 3 is 0.880 bits per heavy atom. The smallest absolute Gasteiger partial charge is 0.306 e. The maximum atomic E-state index is 12.6. The lowest BCUT2D eigenvalue weighted by atomic mass is 10.4. The van der Waals surface area contributed by atoms with Crippen LogP contribution in [0.2, 0.25) is 0 Å². The van der Waals surface area contributed by atoms with E-state index in [1.165, 1.54) is 0 Å². The highest BCUT2D eigenvalue weighted by Crippen LogP contribution is 2.45. The first-order valence-electron chi connectivity index (χ1n) is 5.78. The number of alkyl halides is 12. The molecule has 0 saturated carbocycles. The molecule has 0 aliphatic carbocycles. The van der Waals surface area contributed by atoms with Crippen molar-refractivity contribution >= 4 is 8.60 Å². The van der Waals surface area contributed by atoms with Gasteiger partial charge in [-0.05, 0) is 0 Å². The molecule has 0 aromatic heterocycles. The second-order valence-electron chi connectivity index (χ2n) is 4.23. The maximum Gasteiger partial charge on any atom is 0.333 e. The van der Waals surface area contributed by atoms with Crippen LogP contribution in [-0.2, 0) is 13.6 Å². The van der Waals surface area contributed by atoms with Crippen LogP contribution in [0.5, 0.6) is 0 Å². The van der Waals surface area contributed by atoms with E-state index in [4.69, 9.17) is 0 Å². The third-order valence-corrected chi connectivity index (χ3v) is 3.06. The van der Waals surface area contributed by atoms with Crippen molar-refractivity contribution in [3.8, 4) is 0 Å². The second-order valence-corrected chi connectivity index (χ2v) is 5.45. The molecule has 16 heteroatoms. The molecule has 0 aromatic carbocycles. The van der Waals surface area contributed by atoms with Crippen LogP contribution in [0.3, 0.4) is 0 Å². The average Bonchev–Trinajstić information content (AvgIpc) is 2.45. The van der Waals surface area contributed by atoms with Gasteiger partial charge >= 0.3 is 45.6 Å². The Kier molecular flexibility index (Phi) is 9.22. The zero-order valence-corrected chi connectivity index (χ0v) is 12.5. The molecule has 0 aliphatic heterocycles. The summed E-state index contributed by atoms with van der Waals surface area (Å²) in [5.41, 5.74) is 0. The zero-order valence-electron chi connectivity index (χ0n) is 11.6. The fourth-order valence-electron chi connectivity index (χ4n) is 0.717. The van der Waals surface area contributed by atoms with Crippen molar-refractivity contribution < 1.29 is 66.3 Å². The summed E-state index contributed by atoms with van der Waals surface area (Å²) in [6, 6.07) is 0. The molecule has 0 bridgehead atoms. The summed E-state index contributed by atoms with van der Waals surface area (Å²) in [5.74, 6) is -14.7. The van der Waals surface area contributed by atoms with E-state index < -0.39 is 65.5 Å². The first-order valence-corrected chi connectivity index (χ1v) is 6.88. The molecule has 0 heterocycles. The van der Waals surface area contributed by atoms with Crippen LogP contribution < -0.4 is 0 Å². The van der Waals surface area contributed by atoms with E-state index in [1.54, 1.807) is 0 Å². The summed E-state index contributed by atoms with van der Waals surface area (Å²) in [6.07, 6.45) is -13.0. The van der Waals surface area contributed by atoms with Gasteiger partial charge in [-0.25, -0.2) is 26.3 Å². The molecule has 0 spiro atoms. The lowest BCUT2D eigenvalue weighted by Crippen LogP contribution is -2.35. The quantitative estimate of drug-likeness (QED) is 0.328. The fourth-order valence-corrected chi connectivity index (χ4v) is 1.77. The van der Waals surface area contributed by atoms with E-state index in [2.05, 4.69) is 13.6 Å². The van der Waals surface area contributed by atoms with E-state index in [0.717, 1.165) is 0 Å². The van der Waals surface area contributed by atoms with E-state index in [1.807, 2.05) is 0 Å². The topological polar surface area (TPSA) is 27.7 Å². The van der Waals surface area contributed by atoms with Crippen LogP contribution in [0.25, 0.3) is 0 Å². The summed E-state index contributed by atoms with van der Waals surface area (Å²) in [5, 5.41) is 0. The molecule has 0 radical (unpaired) electrons. The predicted molar refractivity (Wildman–Crippen MR) is 57.6 cm³/mol. The van der Waals surface area contributed by atoms with E-state index in [-0.39, 0.29) is 0 Å². The molecule has 0 amide bonds. The van der Waals surface area contributed by atoms with Gasteiger partial charge in [-0.3, -0.25) is 0 Å². The van der Waals surface area contributed by atoms with Gasteiger partial charge in [-0.1, -0.05) is 0 Å². The molecule has 0 aromatic rings. The van der Waals surface area contributed by atoms with Gasteiger partial charge in [0, 0.05) is 0 Å². The van der Waals surface area contributed by atoms with Crippen LogP contribution in [-0.4, -0.2) is 56.9 Å². The van der Waals surface area contributed by atoms with Gasteiger partial charge < -0.3 is 13.6 Å². The fraction of sp³-hybridized carbons (Fsp3) is 1.00. The average molecular weight is 424 g/mol. The van der Waals surface area contributed by atoms with Gasteiger partial charge in [-0.2, -0.15) is 26.3 Å². The number of rotatable bonds is 12. The van der Waals surface area contributed by atoms with Crippen LogP contribution >= 0.6 is 8.60 Å². The van der Waals surface area contributed by atoms with Crippen molar-refractivity contribution in [2.45, 2.75) is 37.0 Å². The standard InChI is InChI=1S/C9H9F12O3P/c10-4(11)7(16,17)1-22-25(23-2-8(18,19)5(12)13)24-3-9(20,21)6(14)15/h4-6H,1-3H2. The lowest BCUT2D eigenvalue weighted by molar-refractivity contribution is -0.167. The van der Waals surface area contributed by atoms with Crippen molar-refractivity contribution in [1.82, 2.24) is 0 Å². The Labute approximate surface area is 133 Å². The molecular formula is C9H9F12O3P. The van der Waals surface area contributed by atoms with Crippen molar-refractivity contribution in [3.63, 3.8) is 0 Å². The monoisotopic (exact) mass is 424 g/mol. The highest BCUT2D eigenvalue weighted by atomic mass is 31.2. The number of hydrogen-bond donors (Lipinski definition) is 0. The third kappa shape index (κ3) is 8.60. The number of hydrogen-bond acceptors (Lipinski definition) is 3. The van der Waals surface area contributed by atoms with Gasteiger partial charge in [0.1, 0.15) is 19.8 Å². The molecule has 0 N–H and O–H groups in total. The SMILES string of the molecule is FC(F)C(F)(F)COP(OCC(F)(F)C(F)F)OCC(F)(F)C(F)F. The molecule has 3 nitrogen and oxygen atoms in total. The van der Waals surface area contributed by atoms with Crippen LogP contribution in [0.4, 0.5) is 52.7 Å². The van der Waals surface area contributed by atoms with Crippen LogP contribution in [0.15, 0.2) is 0 Å². The summed E-state index contributed by atoms with van der Waals surface area (Å²) in [7, 11) is -3.77. The highest BCUT2D eigenvalue weighted by Gasteiger charge is 2.46. The van der Waals surface area contributed by atoms with Crippen LogP contribution in [0.1, 0.15) is 0 Å². The minimum atomic E-state index is -4.90. The van der Waals surface area contributed by atoms with Gasteiger partial charge in [0.05, 0.1) is 0 Å². The molecule has 0 unspecified atom stereocenters. The van der Waals surface area contributed by atoms with Crippen molar-refractivity contribution in [2.24, 2.45) is 0 Å². The molecule has 0 saturated heterocycles.